The second kappa shape index (κ2) is 8.67. The Hall–Kier alpha value is -1.92. The van der Waals surface area contributed by atoms with E-state index in [0.29, 0.717) is 17.7 Å². The van der Waals surface area contributed by atoms with E-state index in [4.69, 9.17) is 0 Å². The summed E-state index contributed by atoms with van der Waals surface area (Å²) in [5.74, 6) is -0.159. The number of benzene rings is 1. The summed E-state index contributed by atoms with van der Waals surface area (Å²) in [6.07, 6.45) is 6.02. The Balaban J connectivity index is 1.37. The molecule has 0 unspecified atom stereocenters. The molecule has 0 saturated carbocycles. The summed E-state index contributed by atoms with van der Waals surface area (Å²) in [5, 5.41) is 2.66. The van der Waals surface area contributed by atoms with E-state index in [1.54, 1.807) is 13.1 Å². The minimum absolute atomic E-state index is 0.0243. The number of carbonyl (C=O) groups excluding carboxylic acids is 2. The lowest BCUT2D eigenvalue weighted by Gasteiger charge is -2.45. The van der Waals surface area contributed by atoms with Crippen LogP contribution >= 0.6 is 0 Å². The van der Waals surface area contributed by atoms with E-state index >= 15 is 0 Å². The number of carbonyl (C=O) groups is 2. The van der Waals surface area contributed by atoms with Crippen LogP contribution in [-0.2, 0) is 6.54 Å². The first-order chi connectivity index (χ1) is 14.4. The van der Waals surface area contributed by atoms with E-state index in [0.717, 1.165) is 38.0 Å². The molecule has 6 heteroatoms. The van der Waals surface area contributed by atoms with Crippen molar-refractivity contribution in [3.05, 3.63) is 34.9 Å². The van der Waals surface area contributed by atoms with Gasteiger partial charge in [-0.25, -0.2) is 0 Å². The maximum absolute atomic E-state index is 13.2. The maximum Gasteiger partial charge on any atom is 0.255 e. The third kappa shape index (κ3) is 4.12. The summed E-state index contributed by atoms with van der Waals surface area (Å²) >= 11 is 0. The fraction of sp³-hybridized carbons (Fsp3) is 0.667. The molecule has 2 saturated heterocycles. The van der Waals surface area contributed by atoms with E-state index in [2.05, 4.69) is 29.0 Å². The SMILES string of the molecule is CNC(=O)c1cccc2c1C(=O)N(C1CCN(CC(C)(C)N3CCCCC3)CC1)C2. The van der Waals surface area contributed by atoms with Gasteiger partial charge in [0.05, 0.1) is 11.1 Å². The summed E-state index contributed by atoms with van der Waals surface area (Å²) in [6.45, 7) is 11.0. The number of fused-ring (bicyclic) bond motifs is 1. The van der Waals surface area contributed by atoms with Crippen molar-refractivity contribution in [1.82, 2.24) is 20.0 Å². The zero-order valence-corrected chi connectivity index (χ0v) is 18.7. The Bertz CT molecular complexity index is 792. The van der Waals surface area contributed by atoms with Gasteiger partial charge in [-0.2, -0.15) is 0 Å². The molecule has 0 radical (unpaired) electrons. The van der Waals surface area contributed by atoms with E-state index in [1.807, 2.05) is 17.0 Å². The lowest BCUT2D eigenvalue weighted by molar-refractivity contribution is 0.0334. The van der Waals surface area contributed by atoms with Gasteiger partial charge < -0.3 is 15.1 Å². The average Bonchev–Trinajstić information content (AvgIpc) is 3.11. The molecule has 0 aromatic heterocycles. The smallest absolute Gasteiger partial charge is 0.255 e. The van der Waals surface area contributed by atoms with Crippen LogP contribution in [0.2, 0.25) is 0 Å². The highest BCUT2D eigenvalue weighted by Crippen LogP contribution is 2.31. The third-order valence-corrected chi connectivity index (χ3v) is 7.26. The maximum atomic E-state index is 13.2. The molecule has 3 heterocycles. The normalized spacial score (nSPS) is 21.7. The number of nitrogens with zero attached hydrogens (tertiary/aromatic N) is 3. The highest BCUT2D eigenvalue weighted by atomic mass is 16.2. The predicted octanol–water partition coefficient (Wildman–Crippen LogP) is 2.73. The van der Waals surface area contributed by atoms with Crippen molar-refractivity contribution < 1.29 is 9.59 Å². The summed E-state index contributed by atoms with van der Waals surface area (Å²) in [5.41, 5.74) is 2.29. The molecule has 164 valence electrons. The molecule has 1 N–H and O–H groups in total. The first-order valence-electron chi connectivity index (χ1n) is 11.5. The van der Waals surface area contributed by atoms with Crippen LogP contribution in [-0.4, -0.2) is 77.9 Å². The van der Waals surface area contributed by atoms with Gasteiger partial charge >= 0.3 is 0 Å². The molecule has 0 bridgehead atoms. The van der Waals surface area contributed by atoms with E-state index in [-0.39, 0.29) is 23.4 Å². The van der Waals surface area contributed by atoms with Crippen LogP contribution in [0.15, 0.2) is 18.2 Å². The van der Waals surface area contributed by atoms with Crippen molar-refractivity contribution >= 4 is 11.8 Å². The van der Waals surface area contributed by atoms with Crippen LogP contribution in [0.3, 0.4) is 0 Å². The molecular formula is C24H36N4O2. The van der Waals surface area contributed by atoms with Crippen LogP contribution in [0.25, 0.3) is 0 Å². The zero-order valence-electron chi connectivity index (χ0n) is 18.7. The number of hydrogen-bond acceptors (Lipinski definition) is 4. The summed E-state index contributed by atoms with van der Waals surface area (Å²) < 4.78 is 0. The van der Waals surface area contributed by atoms with Crippen molar-refractivity contribution in [3.8, 4) is 0 Å². The number of likely N-dealkylation sites (tertiary alicyclic amines) is 2. The fourth-order valence-corrected chi connectivity index (χ4v) is 5.54. The van der Waals surface area contributed by atoms with Crippen LogP contribution in [0.5, 0.6) is 0 Å². The van der Waals surface area contributed by atoms with Gasteiger partial charge in [0.1, 0.15) is 0 Å². The second-order valence-electron chi connectivity index (χ2n) is 9.72. The minimum Gasteiger partial charge on any atom is -0.355 e. The van der Waals surface area contributed by atoms with Gasteiger partial charge in [0, 0.05) is 44.8 Å². The molecule has 30 heavy (non-hydrogen) atoms. The first-order valence-corrected chi connectivity index (χ1v) is 11.5. The van der Waals surface area contributed by atoms with Gasteiger partial charge in [-0.05, 0) is 64.3 Å². The van der Waals surface area contributed by atoms with Crippen molar-refractivity contribution in [2.45, 2.75) is 64.1 Å². The molecule has 2 fully saturated rings. The molecule has 6 nitrogen and oxygen atoms in total. The Morgan fingerprint density at radius 3 is 2.47 bits per heavy atom. The standard InChI is InChI=1S/C24H36N4O2/c1-24(2,27-12-5-4-6-13-27)17-26-14-10-19(11-15-26)28-16-18-8-7-9-20(22(29)25-3)21(18)23(28)30/h7-9,19H,4-6,10-17H2,1-3H3,(H,25,29). The van der Waals surface area contributed by atoms with Gasteiger partial charge in [-0.15, -0.1) is 0 Å². The molecule has 0 aliphatic carbocycles. The van der Waals surface area contributed by atoms with E-state index in [1.165, 1.54) is 32.4 Å². The topological polar surface area (TPSA) is 55.9 Å². The quantitative estimate of drug-likeness (QED) is 0.808. The molecule has 0 spiro atoms. The third-order valence-electron chi connectivity index (χ3n) is 7.26. The molecule has 4 rings (SSSR count). The van der Waals surface area contributed by atoms with Gasteiger partial charge in [0.2, 0.25) is 0 Å². The first kappa shape index (κ1) is 21.3. The molecule has 3 aliphatic rings. The summed E-state index contributed by atoms with van der Waals surface area (Å²) in [4.78, 5) is 32.6. The molecule has 1 aromatic carbocycles. The molecule has 2 amide bonds. The monoisotopic (exact) mass is 412 g/mol. The van der Waals surface area contributed by atoms with Crippen LogP contribution in [0.1, 0.15) is 72.2 Å². The molecular weight excluding hydrogens is 376 g/mol. The Morgan fingerprint density at radius 1 is 1.10 bits per heavy atom. The second-order valence-corrected chi connectivity index (χ2v) is 9.72. The van der Waals surface area contributed by atoms with E-state index in [9.17, 15) is 9.59 Å². The average molecular weight is 413 g/mol. The zero-order chi connectivity index (χ0) is 21.3. The van der Waals surface area contributed by atoms with Crippen LogP contribution in [0, 0.1) is 0 Å². The van der Waals surface area contributed by atoms with Crippen molar-refractivity contribution in [2.24, 2.45) is 0 Å². The largest absolute Gasteiger partial charge is 0.355 e. The number of nitrogens with one attached hydrogen (secondary N) is 1. The highest BCUT2D eigenvalue weighted by Gasteiger charge is 2.38. The molecule has 3 aliphatic heterocycles. The van der Waals surface area contributed by atoms with Crippen molar-refractivity contribution in [3.63, 3.8) is 0 Å². The Kier molecular flexibility index (Phi) is 6.16. The van der Waals surface area contributed by atoms with Gasteiger partial charge in [-0.1, -0.05) is 18.6 Å². The Labute approximate surface area is 180 Å². The number of piperidine rings is 2. The Morgan fingerprint density at radius 2 is 1.80 bits per heavy atom. The lowest BCUT2D eigenvalue weighted by atomic mass is 9.95. The number of hydrogen-bond donors (Lipinski definition) is 1. The fourth-order valence-electron chi connectivity index (χ4n) is 5.54. The number of amides is 2. The lowest BCUT2D eigenvalue weighted by Crippen LogP contribution is -2.55. The van der Waals surface area contributed by atoms with E-state index < -0.39 is 0 Å². The van der Waals surface area contributed by atoms with Gasteiger partial charge in [0.25, 0.3) is 11.8 Å². The summed E-state index contributed by atoms with van der Waals surface area (Å²) in [6, 6.07) is 5.88. The number of rotatable bonds is 5. The molecule has 0 atom stereocenters. The van der Waals surface area contributed by atoms with Crippen LogP contribution < -0.4 is 5.32 Å². The summed E-state index contributed by atoms with van der Waals surface area (Å²) in [7, 11) is 1.61. The highest BCUT2D eigenvalue weighted by molar-refractivity contribution is 6.09. The van der Waals surface area contributed by atoms with Gasteiger partial charge in [-0.3, -0.25) is 14.5 Å². The van der Waals surface area contributed by atoms with Gasteiger partial charge in [0.15, 0.2) is 0 Å². The van der Waals surface area contributed by atoms with Crippen molar-refractivity contribution in [1.29, 1.82) is 0 Å². The minimum atomic E-state index is -0.184. The van der Waals surface area contributed by atoms with Crippen LogP contribution in [0.4, 0.5) is 0 Å². The van der Waals surface area contributed by atoms with Crippen molar-refractivity contribution in [2.75, 3.05) is 39.8 Å². The molecule has 1 aromatic rings. The predicted molar refractivity (Wildman–Crippen MR) is 119 cm³/mol.